The lowest BCUT2D eigenvalue weighted by atomic mass is 9.44. The van der Waals surface area contributed by atoms with E-state index in [-0.39, 0.29) is 22.9 Å². The first-order valence-corrected chi connectivity index (χ1v) is 14.3. The molecule has 2 nitrogen and oxygen atoms in total. The summed E-state index contributed by atoms with van der Waals surface area (Å²) in [5, 5.41) is 0. The lowest BCUT2D eigenvalue weighted by Crippen LogP contribution is -2.55. The van der Waals surface area contributed by atoms with Crippen molar-refractivity contribution in [2.24, 2.45) is 51.8 Å². The third-order valence-electron chi connectivity index (χ3n) is 11.4. The Hall–Kier alpha value is -0.790. The molecule has 0 spiro atoms. The van der Waals surface area contributed by atoms with E-state index in [0.717, 1.165) is 41.9 Å². The molecule has 33 heavy (non-hydrogen) atoms. The first kappa shape index (κ1) is 25.3. The fourth-order valence-electron chi connectivity index (χ4n) is 9.81. The predicted molar refractivity (Wildman–Crippen MR) is 138 cm³/mol. The zero-order chi connectivity index (χ0) is 24.2. The van der Waals surface area contributed by atoms with Crippen LogP contribution in [0.2, 0.25) is 0 Å². The van der Waals surface area contributed by atoms with Gasteiger partial charge in [0.1, 0.15) is 6.10 Å². The molecule has 4 aliphatic carbocycles. The predicted octanol–water partition coefficient (Wildman–Crippen LogP) is 8.60. The van der Waals surface area contributed by atoms with Crippen LogP contribution in [-0.4, -0.2) is 12.1 Å². The second-order valence-corrected chi connectivity index (χ2v) is 14.0. The first-order valence-electron chi connectivity index (χ1n) is 14.3. The molecule has 8 atom stereocenters. The van der Waals surface area contributed by atoms with E-state index in [0.29, 0.717) is 5.41 Å². The zero-order valence-electron chi connectivity index (χ0n) is 23.0. The highest BCUT2D eigenvalue weighted by Gasteiger charge is 2.61. The lowest BCUT2D eigenvalue weighted by molar-refractivity contribution is -0.157. The van der Waals surface area contributed by atoms with Crippen LogP contribution in [0.15, 0.2) is 11.6 Å². The molecule has 0 radical (unpaired) electrons. The van der Waals surface area contributed by atoms with Crippen molar-refractivity contribution in [2.45, 2.75) is 126 Å². The Morgan fingerprint density at radius 1 is 1.00 bits per heavy atom. The molecule has 0 aliphatic heterocycles. The van der Waals surface area contributed by atoms with E-state index in [2.05, 4.69) is 54.5 Å². The number of hydrogen-bond donors (Lipinski definition) is 0. The fourth-order valence-corrected chi connectivity index (χ4v) is 9.81. The number of esters is 1. The van der Waals surface area contributed by atoms with Crippen LogP contribution < -0.4 is 0 Å². The van der Waals surface area contributed by atoms with E-state index < -0.39 is 0 Å². The molecular weight excluding hydrogens is 404 g/mol. The molecule has 0 saturated heterocycles. The van der Waals surface area contributed by atoms with Crippen molar-refractivity contribution in [3.8, 4) is 0 Å². The zero-order valence-corrected chi connectivity index (χ0v) is 23.0. The Bertz CT molecular complexity index is 763. The van der Waals surface area contributed by atoms with Crippen LogP contribution in [0.25, 0.3) is 0 Å². The third-order valence-corrected chi connectivity index (χ3v) is 11.4. The minimum atomic E-state index is -0.126. The average molecular weight is 457 g/mol. The molecule has 2 heteroatoms. The molecule has 0 bridgehead atoms. The molecule has 188 valence electrons. The molecule has 3 fully saturated rings. The minimum absolute atomic E-state index is 0.0299. The second-order valence-electron chi connectivity index (χ2n) is 14.0. The van der Waals surface area contributed by atoms with E-state index >= 15 is 0 Å². The summed E-state index contributed by atoms with van der Waals surface area (Å²) in [7, 11) is 0. The summed E-state index contributed by atoms with van der Waals surface area (Å²) >= 11 is 0. The lowest BCUT2D eigenvalue weighted by Gasteiger charge is -2.61. The van der Waals surface area contributed by atoms with Crippen LogP contribution in [0.3, 0.4) is 0 Å². The molecule has 0 aromatic heterocycles. The highest BCUT2D eigenvalue weighted by molar-refractivity contribution is 5.66. The molecule has 0 heterocycles. The van der Waals surface area contributed by atoms with Crippen molar-refractivity contribution in [3.63, 3.8) is 0 Å². The summed E-state index contributed by atoms with van der Waals surface area (Å²) in [6.45, 7) is 18.8. The smallest absolute Gasteiger partial charge is 0.302 e. The quantitative estimate of drug-likeness (QED) is 0.295. The number of allylic oxidation sites excluding steroid dienone is 1. The first-order chi connectivity index (χ1) is 15.4. The fraction of sp³-hybridized carbons (Fsp3) is 0.903. The van der Waals surface area contributed by atoms with Gasteiger partial charge in [-0.3, -0.25) is 4.79 Å². The van der Waals surface area contributed by atoms with E-state index in [1.54, 1.807) is 12.5 Å². The molecule has 4 aliphatic rings. The number of carbonyl (C=O) groups excluding carboxylic acids is 1. The number of rotatable bonds is 6. The van der Waals surface area contributed by atoms with Gasteiger partial charge in [0.05, 0.1) is 0 Å². The minimum Gasteiger partial charge on any atom is -0.462 e. The third kappa shape index (κ3) is 4.24. The maximum Gasteiger partial charge on any atom is 0.302 e. The van der Waals surface area contributed by atoms with Gasteiger partial charge in [0.25, 0.3) is 0 Å². The number of fused-ring (bicyclic) bond motifs is 5. The summed E-state index contributed by atoms with van der Waals surface area (Å²) in [5.41, 5.74) is 2.39. The summed E-state index contributed by atoms with van der Waals surface area (Å²) in [5.74, 6) is 5.07. The van der Waals surface area contributed by atoms with Crippen molar-refractivity contribution in [1.29, 1.82) is 0 Å². The molecule has 0 aromatic rings. The summed E-state index contributed by atoms with van der Waals surface area (Å²) in [6, 6.07) is 0. The van der Waals surface area contributed by atoms with E-state index in [1.807, 2.05) is 0 Å². The standard InChI is InChI=1S/C31H52O2/c1-20(2)10-9-11-21(3)24-13-14-25-23-12-15-27-29(5,6)28(33-22(4)32)17-19-31(27,8)26(23)16-18-30(24,25)7/h15,20-21,23-26,28H,9-14,16-19H2,1-8H3. The second kappa shape index (κ2) is 9.02. The van der Waals surface area contributed by atoms with Crippen LogP contribution in [0.4, 0.5) is 0 Å². The van der Waals surface area contributed by atoms with Gasteiger partial charge in [-0.1, -0.05) is 79.4 Å². The van der Waals surface area contributed by atoms with Crippen LogP contribution >= 0.6 is 0 Å². The van der Waals surface area contributed by atoms with Gasteiger partial charge >= 0.3 is 5.97 Å². The van der Waals surface area contributed by atoms with E-state index in [4.69, 9.17) is 4.74 Å². The number of ether oxygens (including phenoxy) is 1. The van der Waals surface area contributed by atoms with E-state index in [1.165, 1.54) is 57.8 Å². The Kier molecular flexibility index (Phi) is 6.91. The van der Waals surface area contributed by atoms with E-state index in [9.17, 15) is 4.79 Å². The average Bonchev–Trinajstić information content (AvgIpc) is 3.07. The summed E-state index contributed by atoms with van der Waals surface area (Å²) in [6.07, 6.45) is 16.1. The van der Waals surface area contributed by atoms with Gasteiger partial charge in [-0.15, -0.1) is 0 Å². The normalized spacial score (nSPS) is 42.7. The SMILES string of the molecule is CC(=O)OC1CCC2(C)C(=CCC3C2CCC2(C)C(C(C)CCCC(C)C)CCC32)C1(C)C. The summed E-state index contributed by atoms with van der Waals surface area (Å²) < 4.78 is 5.83. The molecule has 0 N–H and O–H groups in total. The van der Waals surface area contributed by atoms with Crippen LogP contribution in [0.5, 0.6) is 0 Å². The molecule has 0 amide bonds. The Morgan fingerprint density at radius 2 is 1.73 bits per heavy atom. The van der Waals surface area contributed by atoms with Crippen molar-refractivity contribution < 1.29 is 9.53 Å². The van der Waals surface area contributed by atoms with Gasteiger partial charge in [-0.25, -0.2) is 0 Å². The van der Waals surface area contributed by atoms with Crippen molar-refractivity contribution in [1.82, 2.24) is 0 Å². The molecule has 4 rings (SSSR count). The van der Waals surface area contributed by atoms with Crippen LogP contribution in [0.1, 0.15) is 120 Å². The highest BCUT2D eigenvalue weighted by atomic mass is 16.5. The largest absolute Gasteiger partial charge is 0.462 e. The van der Waals surface area contributed by atoms with Gasteiger partial charge in [-0.05, 0) is 91.3 Å². The Labute approximate surface area is 204 Å². The molecular formula is C31H52O2. The van der Waals surface area contributed by atoms with Gasteiger partial charge < -0.3 is 4.74 Å². The number of carbonyl (C=O) groups is 1. The Balaban J connectivity index is 1.53. The van der Waals surface area contributed by atoms with Crippen molar-refractivity contribution in [2.75, 3.05) is 0 Å². The van der Waals surface area contributed by atoms with Gasteiger partial charge in [-0.2, -0.15) is 0 Å². The van der Waals surface area contributed by atoms with Crippen LogP contribution in [0, 0.1) is 51.8 Å². The topological polar surface area (TPSA) is 26.3 Å². The monoisotopic (exact) mass is 456 g/mol. The maximum absolute atomic E-state index is 11.8. The summed E-state index contributed by atoms with van der Waals surface area (Å²) in [4.78, 5) is 11.8. The van der Waals surface area contributed by atoms with Gasteiger partial charge in [0, 0.05) is 12.3 Å². The van der Waals surface area contributed by atoms with Gasteiger partial charge in [0.2, 0.25) is 0 Å². The van der Waals surface area contributed by atoms with Crippen LogP contribution in [-0.2, 0) is 9.53 Å². The van der Waals surface area contributed by atoms with Crippen molar-refractivity contribution in [3.05, 3.63) is 11.6 Å². The molecule has 0 aromatic carbocycles. The molecule has 8 unspecified atom stereocenters. The maximum atomic E-state index is 11.8. The molecule has 3 saturated carbocycles. The van der Waals surface area contributed by atoms with Gasteiger partial charge in [0.15, 0.2) is 0 Å². The number of hydrogen-bond acceptors (Lipinski definition) is 2. The Morgan fingerprint density at radius 3 is 2.39 bits per heavy atom. The van der Waals surface area contributed by atoms with Crippen molar-refractivity contribution >= 4 is 5.97 Å². The highest BCUT2D eigenvalue weighted by Crippen LogP contribution is 2.69.